The van der Waals surface area contributed by atoms with Crippen molar-refractivity contribution >= 4 is 17.8 Å². The van der Waals surface area contributed by atoms with E-state index in [4.69, 9.17) is 9.84 Å². The van der Waals surface area contributed by atoms with Gasteiger partial charge in [0.1, 0.15) is 5.75 Å². The van der Waals surface area contributed by atoms with Crippen LogP contribution in [0.2, 0.25) is 0 Å². The molecular weight excluding hydrogens is 397 g/mol. The Hall–Kier alpha value is -2.92. The summed E-state index contributed by atoms with van der Waals surface area (Å²) in [7, 11) is 2.13. The van der Waals surface area contributed by atoms with Gasteiger partial charge < -0.3 is 25.5 Å². The molecule has 1 radical (unpaired) electrons. The minimum atomic E-state index is -0.675. The average molecular weight is 411 g/mol. The molecule has 0 atom stereocenters. The van der Waals surface area contributed by atoms with Crippen molar-refractivity contribution in [3.05, 3.63) is 63.7 Å². The zero-order chi connectivity index (χ0) is 18.8. The molecule has 0 fully saturated rings. The maximum atomic E-state index is 11.8. The molecule has 0 aliphatic rings. The van der Waals surface area contributed by atoms with Crippen molar-refractivity contribution in [3.63, 3.8) is 0 Å². The normalized spacial score (nSPS) is 10.1. The molecule has 0 saturated carbocycles. The molecular formula is C16H14N3O7V-5. The largest absolute Gasteiger partial charge is 2.00 e. The number of ether oxygens (including phenoxy) is 1. The fraction of sp³-hybridized carbons (Fsp3) is 0.125. The summed E-state index contributed by atoms with van der Waals surface area (Å²) in [6, 6.07) is 9.60. The fourth-order valence-corrected chi connectivity index (χ4v) is 1.72. The van der Waals surface area contributed by atoms with Crippen LogP contribution < -0.4 is 20.1 Å². The van der Waals surface area contributed by atoms with Crippen LogP contribution >= 0.6 is 0 Å². The summed E-state index contributed by atoms with van der Waals surface area (Å²) in [5, 5.41) is 49.4. The Morgan fingerprint density at radius 2 is 1.74 bits per heavy atom. The van der Waals surface area contributed by atoms with Gasteiger partial charge in [-0.15, -0.1) is 0 Å². The van der Waals surface area contributed by atoms with Crippen molar-refractivity contribution in [1.82, 2.24) is 0 Å². The molecule has 27 heavy (non-hydrogen) atoms. The van der Waals surface area contributed by atoms with E-state index in [1.165, 1.54) is 43.5 Å². The van der Waals surface area contributed by atoms with E-state index in [1.807, 2.05) is 0 Å². The zero-order valence-electron chi connectivity index (χ0n) is 14.3. The first-order valence-corrected chi connectivity index (χ1v) is 6.80. The molecule has 0 unspecified atom stereocenters. The minimum Gasteiger partial charge on any atom is -2.00 e. The molecule has 2 rings (SSSR count). The Balaban J connectivity index is 0. The molecule has 11 heteroatoms. The first-order valence-electron chi connectivity index (χ1n) is 6.80. The monoisotopic (exact) mass is 411 g/mol. The number of hydrogen-bond acceptors (Lipinski definition) is 8. The fourth-order valence-electron chi connectivity index (χ4n) is 1.72. The molecule has 0 bridgehead atoms. The standard InChI is InChI=1S/C15H13N3O5.CH3O.O.V/c1-23-13-4-2-3-11(14(13)19)9-16-17-15(20)10-5-7-12(8-6-10)18(21)22;1-2;;/h2-9,19H,1H3,(H,17,20);1H3;;/q;-1;-2;/p-2/b16-9+;;;. The number of rotatable bonds is 5. The summed E-state index contributed by atoms with van der Waals surface area (Å²) in [5.41, 5.74) is 0.253. The van der Waals surface area contributed by atoms with Crippen LogP contribution in [0.25, 0.3) is 0 Å². The third-order valence-corrected chi connectivity index (χ3v) is 2.90. The Kier molecular flexibility index (Phi) is 13.0. The summed E-state index contributed by atoms with van der Waals surface area (Å²) < 4.78 is 4.89. The van der Waals surface area contributed by atoms with Crippen molar-refractivity contribution in [3.8, 4) is 11.5 Å². The smallest absolute Gasteiger partial charge is 0.269 e. The molecule has 0 heterocycles. The second-order valence-corrected chi connectivity index (χ2v) is 4.33. The van der Waals surface area contributed by atoms with Crippen molar-refractivity contribution in [2.24, 2.45) is 10.2 Å². The summed E-state index contributed by atoms with van der Waals surface area (Å²) >= 11 is 0. The van der Waals surface area contributed by atoms with Gasteiger partial charge >= 0.3 is 0 Å². The summed E-state index contributed by atoms with van der Waals surface area (Å²) in [6.07, 6.45) is 1.15. The van der Waals surface area contributed by atoms with E-state index >= 15 is 0 Å². The summed E-state index contributed by atoms with van der Waals surface area (Å²) in [6.45, 7) is 0. The molecule has 0 spiro atoms. The maximum Gasteiger partial charge on any atom is 0.269 e. The zero-order valence-corrected chi connectivity index (χ0v) is 15.7. The van der Waals surface area contributed by atoms with Crippen LogP contribution in [0.1, 0.15) is 11.1 Å². The van der Waals surface area contributed by atoms with E-state index in [1.54, 1.807) is 6.07 Å². The predicted octanol–water partition coefficient (Wildman–Crippen LogP) is -0.327. The second kappa shape index (κ2) is 13.3. The van der Waals surface area contributed by atoms with Gasteiger partial charge in [-0.1, -0.05) is 17.9 Å². The van der Waals surface area contributed by atoms with E-state index < -0.39 is 10.8 Å². The SMILES string of the molecule is COc1cccc(/C=N/N=C(\[O-])c2ccc([N+](=O)[O-])cc2)c1[O-].C[O-].[O-2].[V]. The molecule has 0 aliphatic carbocycles. The van der Waals surface area contributed by atoms with Gasteiger partial charge in [0, 0.05) is 36.6 Å². The second-order valence-electron chi connectivity index (χ2n) is 4.33. The Morgan fingerprint density at radius 1 is 1.15 bits per heavy atom. The minimum absolute atomic E-state index is 0. The van der Waals surface area contributed by atoms with E-state index in [9.17, 15) is 20.3 Å². The third kappa shape index (κ3) is 7.46. The molecule has 145 valence electrons. The van der Waals surface area contributed by atoms with Crippen LogP contribution in [0, 0.1) is 10.1 Å². The van der Waals surface area contributed by atoms with Gasteiger partial charge in [0.05, 0.1) is 18.2 Å². The van der Waals surface area contributed by atoms with Gasteiger partial charge in [-0.25, -0.2) is 0 Å². The maximum absolute atomic E-state index is 11.8. The topological polar surface area (TPSA) is 175 Å². The molecule has 2 aromatic rings. The third-order valence-electron chi connectivity index (χ3n) is 2.90. The van der Waals surface area contributed by atoms with Crippen LogP contribution in [0.5, 0.6) is 11.5 Å². The number of hydrogen-bond donors (Lipinski definition) is 0. The average Bonchev–Trinajstić information content (AvgIpc) is 2.64. The van der Waals surface area contributed by atoms with Crippen LogP contribution in [-0.2, 0) is 24.0 Å². The number of nitro benzene ring substituents is 1. The Morgan fingerprint density at radius 3 is 2.26 bits per heavy atom. The van der Waals surface area contributed by atoms with Crippen molar-refractivity contribution in [1.29, 1.82) is 0 Å². The van der Waals surface area contributed by atoms with E-state index in [2.05, 4.69) is 10.2 Å². The van der Waals surface area contributed by atoms with Gasteiger partial charge in [0.15, 0.2) is 0 Å². The van der Waals surface area contributed by atoms with Gasteiger partial charge in [-0.3, -0.25) is 10.1 Å². The van der Waals surface area contributed by atoms with Gasteiger partial charge in [0.2, 0.25) is 0 Å². The first-order chi connectivity index (χ1) is 12.0. The number of para-hydroxylation sites is 1. The molecule has 2 aromatic carbocycles. The van der Waals surface area contributed by atoms with Crippen LogP contribution in [0.3, 0.4) is 0 Å². The molecule has 0 saturated heterocycles. The number of nitro groups is 1. The quantitative estimate of drug-likeness (QED) is 0.282. The van der Waals surface area contributed by atoms with E-state index in [-0.39, 0.29) is 52.3 Å². The number of nitrogens with zero attached hydrogens (tertiary/aromatic N) is 3. The number of methoxy groups -OCH3 is 1. The van der Waals surface area contributed by atoms with E-state index in [0.717, 1.165) is 13.3 Å². The Labute approximate surface area is 166 Å². The molecule has 0 N–H and O–H groups in total. The molecule has 0 aromatic heterocycles. The van der Waals surface area contributed by atoms with Gasteiger partial charge in [-0.05, 0) is 29.3 Å². The number of benzene rings is 2. The predicted molar refractivity (Wildman–Crippen MR) is 86.3 cm³/mol. The van der Waals surface area contributed by atoms with Crippen LogP contribution in [0.15, 0.2) is 52.7 Å². The Bertz CT molecular complexity index is 780. The van der Waals surface area contributed by atoms with Crippen molar-refractivity contribution in [2.45, 2.75) is 0 Å². The molecule has 0 aliphatic heterocycles. The summed E-state index contributed by atoms with van der Waals surface area (Å²) in [5.74, 6) is -0.876. The number of non-ortho nitro benzene ring substituents is 1. The van der Waals surface area contributed by atoms with Crippen molar-refractivity contribution < 1.29 is 49.0 Å². The summed E-state index contributed by atoms with van der Waals surface area (Å²) in [4.78, 5) is 9.96. The molecule has 0 amide bonds. The van der Waals surface area contributed by atoms with Gasteiger partial charge in [0.25, 0.3) is 5.69 Å². The van der Waals surface area contributed by atoms with Crippen LogP contribution in [-0.4, -0.2) is 31.3 Å². The molecule has 10 nitrogen and oxygen atoms in total. The first kappa shape index (κ1) is 26.3. The van der Waals surface area contributed by atoms with Crippen LogP contribution in [0.4, 0.5) is 5.69 Å². The van der Waals surface area contributed by atoms with Crippen molar-refractivity contribution in [2.75, 3.05) is 14.2 Å². The van der Waals surface area contributed by atoms with E-state index in [0.29, 0.717) is 0 Å². The van der Waals surface area contributed by atoms with Gasteiger partial charge in [-0.2, -0.15) is 17.3 Å².